The topological polar surface area (TPSA) is 41.5 Å². The summed E-state index contributed by atoms with van der Waals surface area (Å²) in [6, 6.07) is 10.6. The second-order valence-corrected chi connectivity index (χ2v) is 4.80. The predicted molar refractivity (Wildman–Crippen MR) is 78.4 cm³/mol. The van der Waals surface area contributed by atoms with Gasteiger partial charge in [0, 0.05) is 12.2 Å². The number of phenolic OH excluding ortho intramolecular Hbond substituents is 1. The molecule has 0 aromatic heterocycles. The molecule has 0 unspecified atom stereocenters. The van der Waals surface area contributed by atoms with E-state index in [0.717, 1.165) is 11.3 Å². The van der Waals surface area contributed by atoms with E-state index >= 15 is 0 Å². The molecule has 0 bridgehead atoms. The van der Waals surface area contributed by atoms with Crippen LogP contribution in [0.3, 0.4) is 0 Å². The van der Waals surface area contributed by atoms with E-state index < -0.39 is 0 Å². The van der Waals surface area contributed by atoms with Crippen LogP contribution in [0.5, 0.6) is 11.5 Å². The molecule has 2 aromatic rings. The fraction of sp³-hybridized carbons (Fsp3) is 0.143. The predicted octanol–water partition coefficient (Wildman–Crippen LogP) is 4.32. The van der Waals surface area contributed by atoms with Gasteiger partial charge in [-0.2, -0.15) is 0 Å². The third kappa shape index (κ3) is 3.46. The van der Waals surface area contributed by atoms with E-state index in [9.17, 15) is 5.11 Å². The Morgan fingerprint density at radius 3 is 2.53 bits per heavy atom. The van der Waals surface area contributed by atoms with Crippen molar-refractivity contribution in [3.8, 4) is 11.5 Å². The van der Waals surface area contributed by atoms with Gasteiger partial charge in [0.25, 0.3) is 0 Å². The normalized spacial score (nSPS) is 10.3. The lowest BCUT2D eigenvalue weighted by molar-refractivity contribution is 0.415. The SMILES string of the molecule is COc1ccc(CNc2ccc(O)c(Cl)c2)cc1Cl. The summed E-state index contributed by atoms with van der Waals surface area (Å²) < 4.78 is 5.09. The monoisotopic (exact) mass is 297 g/mol. The highest BCUT2D eigenvalue weighted by atomic mass is 35.5. The Balaban J connectivity index is 2.05. The molecule has 19 heavy (non-hydrogen) atoms. The molecule has 100 valence electrons. The maximum atomic E-state index is 9.33. The van der Waals surface area contributed by atoms with Crippen LogP contribution in [0, 0.1) is 0 Å². The fourth-order valence-corrected chi connectivity index (χ4v) is 2.10. The zero-order chi connectivity index (χ0) is 13.8. The maximum absolute atomic E-state index is 9.33. The second-order valence-electron chi connectivity index (χ2n) is 3.99. The molecule has 0 spiro atoms. The minimum absolute atomic E-state index is 0.0692. The lowest BCUT2D eigenvalue weighted by Crippen LogP contribution is -1.99. The van der Waals surface area contributed by atoms with Crippen LogP contribution in [0.4, 0.5) is 5.69 Å². The zero-order valence-electron chi connectivity index (χ0n) is 10.3. The van der Waals surface area contributed by atoms with Crippen molar-refractivity contribution >= 4 is 28.9 Å². The average Bonchev–Trinajstić information content (AvgIpc) is 2.40. The number of anilines is 1. The van der Waals surface area contributed by atoms with Gasteiger partial charge in [0.1, 0.15) is 11.5 Å². The molecule has 0 heterocycles. The summed E-state index contributed by atoms with van der Waals surface area (Å²) >= 11 is 11.9. The second kappa shape index (κ2) is 6.04. The fourth-order valence-electron chi connectivity index (χ4n) is 1.64. The average molecular weight is 298 g/mol. The van der Waals surface area contributed by atoms with Gasteiger partial charge in [-0.1, -0.05) is 29.3 Å². The van der Waals surface area contributed by atoms with Crippen LogP contribution in [0.2, 0.25) is 10.0 Å². The summed E-state index contributed by atoms with van der Waals surface area (Å²) in [6.45, 7) is 0.602. The first-order valence-corrected chi connectivity index (χ1v) is 6.40. The first kappa shape index (κ1) is 13.8. The van der Waals surface area contributed by atoms with Gasteiger partial charge in [-0.05, 0) is 35.9 Å². The number of halogens is 2. The molecule has 0 aliphatic heterocycles. The van der Waals surface area contributed by atoms with Crippen molar-refractivity contribution in [3.05, 3.63) is 52.0 Å². The molecule has 0 radical (unpaired) electrons. The summed E-state index contributed by atoms with van der Waals surface area (Å²) in [4.78, 5) is 0. The minimum atomic E-state index is 0.0692. The van der Waals surface area contributed by atoms with E-state index in [4.69, 9.17) is 27.9 Å². The van der Waals surface area contributed by atoms with Gasteiger partial charge < -0.3 is 15.2 Å². The molecule has 5 heteroatoms. The number of ether oxygens (including phenoxy) is 1. The summed E-state index contributed by atoms with van der Waals surface area (Å²) in [5.41, 5.74) is 1.85. The van der Waals surface area contributed by atoms with Crippen molar-refractivity contribution in [2.45, 2.75) is 6.54 Å². The van der Waals surface area contributed by atoms with E-state index in [-0.39, 0.29) is 5.75 Å². The molecule has 0 amide bonds. The number of aromatic hydroxyl groups is 1. The minimum Gasteiger partial charge on any atom is -0.506 e. The molecule has 0 aliphatic carbocycles. The molecule has 2 rings (SSSR count). The molecule has 0 fully saturated rings. The smallest absolute Gasteiger partial charge is 0.137 e. The standard InChI is InChI=1S/C14H13Cl2NO2/c1-19-14-5-2-9(6-12(14)16)8-17-10-3-4-13(18)11(15)7-10/h2-7,17-18H,8H2,1H3. The summed E-state index contributed by atoms with van der Waals surface area (Å²) in [5.74, 6) is 0.720. The lowest BCUT2D eigenvalue weighted by atomic mass is 10.2. The van der Waals surface area contributed by atoms with Crippen molar-refractivity contribution in [3.63, 3.8) is 0 Å². The summed E-state index contributed by atoms with van der Waals surface area (Å²) in [7, 11) is 1.58. The van der Waals surface area contributed by atoms with Crippen molar-refractivity contribution in [2.24, 2.45) is 0 Å². The Hall–Kier alpha value is -1.58. The zero-order valence-corrected chi connectivity index (χ0v) is 11.8. The van der Waals surface area contributed by atoms with E-state index in [1.807, 2.05) is 18.2 Å². The first-order chi connectivity index (χ1) is 9.10. The van der Waals surface area contributed by atoms with Crippen molar-refractivity contribution in [1.29, 1.82) is 0 Å². The largest absolute Gasteiger partial charge is 0.506 e. The van der Waals surface area contributed by atoms with Crippen LogP contribution >= 0.6 is 23.2 Å². The van der Waals surface area contributed by atoms with Crippen molar-refractivity contribution in [2.75, 3.05) is 12.4 Å². The summed E-state index contributed by atoms with van der Waals surface area (Å²) in [5, 5.41) is 13.4. The molecule has 3 nitrogen and oxygen atoms in total. The van der Waals surface area contributed by atoms with Crippen LogP contribution in [0.25, 0.3) is 0 Å². The number of methoxy groups -OCH3 is 1. The molecule has 0 saturated heterocycles. The van der Waals surface area contributed by atoms with Crippen LogP contribution in [0.1, 0.15) is 5.56 Å². The van der Waals surface area contributed by atoms with Crippen molar-refractivity contribution in [1.82, 2.24) is 0 Å². The Morgan fingerprint density at radius 2 is 1.89 bits per heavy atom. The van der Waals surface area contributed by atoms with Gasteiger partial charge in [0.2, 0.25) is 0 Å². The van der Waals surface area contributed by atoms with Gasteiger partial charge in [0.15, 0.2) is 0 Å². The van der Waals surface area contributed by atoms with Gasteiger partial charge in [-0.15, -0.1) is 0 Å². The van der Waals surface area contributed by atoms with Crippen LogP contribution in [-0.2, 0) is 6.54 Å². The van der Waals surface area contributed by atoms with Crippen LogP contribution in [0.15, 0.2) is 36.4 Å². The Bertz CT molecular complexity index is 588. The number of hydrogen-bond acceptors (Lipinski definition) is 3. The number of benzene rings is 2. The third-order valence-electron chi connectivity index (χ3n) is 2.66. The van der Waals surface area contributed by atoms with E-state index in [0.29, 0.717) is 22.3 Å². The van der Waals surface area contributed by atoms with E-state index in [1.54, 1.807) is 25.3 Å². The molecule has 0 atom stereocenters. The van der Waals surface area contributed by atoms with Gasteiger partial charge in [0.05, 0.1) is 17.2 Å². The lowest BCUT2D eigenvalue weighted by Gasteiger charge is -2.09. The number of nitrogens with one attached hydrogen (secondary N) is 1. The molecule has 2 aromatic carbocycles. The van der Waals surface area contributed by atoms with E-state index in [2.05, 4.69) is 5.32 Å². The Labute approximate surface area is 121 Å². The van der Waals surface area contributed by atoms with Crippen LogP contribution < -0.4 is 10.1 Å². The number of phenols is 1. The van der Waals surface area contributed by atoms with Crippen molar-refractivity contribution < 1.29 is 9.84 Å². The van der Waals surface area contributed by atoms with Gasteiger partial charge in [-0.3, -0.25) is 0 Å². The maximum Gasteiger partial charge on any atom is 0.137 e. The van der Waals surface area contributed by atoms with Gasteiger partial charge >= 0.3 is 0 Å². The highest BCUT2D eigenvalue weighted by Gasteiger charge is 2.03. The highest BCUT2D eigenvalue weighted by Crippen LogP contribution is 2.27. The van der Waals surface area contributed by atoms with Gasteiger partial charge in [-0.25, -0.2) is 0 Å². The quantitative estimate of drug-likeness (QED) is 0.826. The number of rotatable bonds is 4. The molecule has 0 aliphatic rings. The Morgan fingerprint density at radius 1 is 1.11 bits per heavy atom. The molecule has 2 N–H and O–H groups in total. The first-order valence-electron chi connectivity index (χ1n) is 5.65. The highest BCUT2D eigenvalue weighted by molar-refractivity contribution is 6.32. The Kier molecular flexibility index (Phi) is 4.40. The number of hydrogen-bond donors (Lipinski definition) is 2. The summed E-state index contributed by atoms with van der Waals surface area (Å²) in [6.07, 6.45) is 0. The molecular formula is C14H13Cl2NO2. The molecular weight excluding hydrogens is 285 g/mol. The molecule has 0 saturated carbocycles. The third-order valence-corrected chi connectivity index (χ3v) is 3.26. The van der Waals surface area contributed by atoms with E-state index in [1.165, 1.54) is 0 Å². The van der Waals surface area contributed by atoms with Crippen LogP contribution in [-0.4, -0.2) is 12.2 Å².